The van der Waals surface area contributed by atoms with Gasteiger partial charge >= 0.3 is 6.61 Å². The van der Waals surface area contributed by atoms with E-state index in [0.29, 0.717) is 11.1 Å². The lowest BCUT2D eigenvalue weighted by molar-refractivity contribution is -0.0526. The number of hydrogen-bond acceptors (Lipinski definition) is 5. The predicted octanol–water partition coefficient (Wildman–Crippen LogP) is 5.36. The average Bonchev–Trinajstić information content (AvgIpc) is 2.76. The van der Waals surface area contributed by atoms with E-state index in [4.69, 9.17) is 14.2 Å². The fourth-order valence-corrected chi connectivity index (χ4v) is 2.97. The van der Waals surface area contributed by atoms with Gasteiger partial charge in [0.1, 0.15) is 5.75 Å². The van der Waals surface area contributed by atoms with E-state index in [1.165, 1.54) is 32.4 Å². The summed E-state index contributed by atoms with van der Waals surface area (Å²) >= 11 is 0. The zero-order valence-corrected chi connectivity index (χ0v) is 16.6. The number of benzene rings is 3. The van der Waals surface area contributed by atoms with Gasteiger partial charge in [-0.2, -0.15) is 8.78 Å². The molecule has 0 fully saturated rings. The van der Waals surface area contributed by atoms with E-state index in [2.05, 4.69) is 4.74 Å². The molecule has 0 aliphatic rings. The zero-order chi connectivity index (χ0) is 21.7. The molecule has 0 spiro atoms. The molecule has 0 unspecified atom stereocenters. The minimum atomic E-state index is -3.02. The molecule has 0 aliphatic carbocycles. The fourth-order valence-electron chi connectivity index (χ4n) is 2.97. The summed E-state index contributed by atoms with van der Waals surface area (Å²) in [6.45, 7) is -3.02. The molecule has 0 heterocycles. The van der Waals surface area contributed by atoms with Crippen LogP contribution in [0.4, 0.5) is 8.78 Å². The van der Waals surface area contributed by atoms with Gasteiger partial charge in [-0.3, -0.25) is 4.79 Å². The number of ether oxygens (including phenoxy) is 4. The molecule has 3 aromatic rings. The van der Waals surface area contributed by atoms with E-state index in [9.17, 15) is 13.6 Å². The van der Waals surface area contributed by atoms with Crippen LogP contribution in [0.3, 0.4) is 0 Å². The fraction of sp³-hybridized carbons (Fsp3) is 0.174. The molecule has 0 aromatic heterocycles. The van der Waals surface area contributed by atoms with E-state index in [-0.39, 0.29) is 23.0 Å². The van der Waals surface area contributed by atoms with E-state index in [0.717, 1.165) is 16.5 Å². The van der Waals surface area contributed by atoms with Gasteiger partial charge in [-0.1, -0.05) is 24.3 Å². The van der Waals surface area contributed by atoms with Crippen LogP contribution in [-0.4, -0.2) is 33.7 Å². The van der Waals surface area contributed by atoms with Gasteiger partial charge in [-0.25, -0.2) is 0 Å². The van der Waals surface area contributed by atoms with Crippen molar-refractivity contribution in [3.8, 4) is 23.0 Å². The third-order valence-corrected chi connectivity index (χ3v) is 4.45. The van der Waals surface area contributed by atoms with Crippen LogP contribution >= 0.6 is 0 Å². The summed E-state index contributed by atoms with van der Waals surface area (Å²) in [5, 5.41) is 1.87. The topological polar surface area (TPSA) is 54.0 Å². The van der Waals surface area contributed by atoms with E-state index < -0.39 is 6.61 Å². The van der Waals surface area contributed by atoms with Crippen molar-refractivity contribution >= 4 is 22.6 Å². The Kier molecular flexibility index (Phi) is 6.51. The van der Waals surface area contributed by atoms with Crippen LogP contribution in [0.2, 0.25) is 0 Å². The second-order valence-electron chi connectivity index (χ2n) is 6.26. The Balaban J connectivity index is 1.87. The maximum absolute atomic E-state index is 12.6. The molecule has 3 rings (SSSR count). The van der Waals surface area contributed by atoms with E-state index in [1.807, 2.05) is 24.3 Å². The Morgan fingerprint density at radius 1 is 0.867 bits per heavy atom. The number of carbonyl (C=O) groups excluding carboxylic acids is 1. The van der Waals surface area contributed by atoms with Crippen LogP contribution in [0.25, 0.3) is 16.8 Å². The summed E-state index contributed by atoms with van der Waals surface area (Å²) in [5.74, 6) is 0.466. The Morgan fingerprint density at radius 2 is 1.50 bits per heavy atom. The zero-order valence-electron chi connectivity index (χ0n) is 16.6. The minimum Gasteiger partial charge on any atom is -0.497 e. The van der Waals surface area contributed by atoms with E-state index >= 15 is 0 Å². The molecule has 0 amide bonds. The lowest BCUT2D eigenvalue weighted by Crippen LogP contribution is -2.05. The normalized spacial score (nSPS) is 11.1. The Labute approximate surface area is 172 Å². The number of fused-ring (bicyclic) bond motifs is 1. The molecule has 156 valence electrons. The maximum atomic E-state index is 12.6. The summed E-state index contributed by atoms with van der Waals surface area (Å²) in [5.41, 5.74) is 1.05. The Morgan fingerprint density at radius 3 is 2.10 bits per heavy atom. The van der Waals surface area contributed by atoms with Crippen LogP contribution in [0.5, 0.6) is 23.0 Å². The summed E-state index contributed by atoms with van der Waals surface area (Å²) in [6.07, 6.45) is 2.95. The number of carbonyl (C=O) groups is 1. The van der Waals surface area contributed by atoms with Gasteiger partial charge in [0.25, 0.3) is 0 Å². The van der Waals surface area contributed by atoms with Crippen molar-refractivity contribution in [3.05, 3.63) is 65.7 Å². The highest BCUT2D eigenvalue weighted by Crippen LogP contribution is 2.39. The van der Waals surface area contributed by atoms with Crippen molar-refractivity contribution in [2.24, 2.45) is 0 Å². The SMILES string of the molecule is COc1ccc2cc(C(=O)/C=C/c3cc(OC)c(OC(F)F)c(OC)c3)ccc2c1. The van der Waals surface area contributed by atoms with Crippen LogP contribution in [0.1, 0.15) is 15.9 Å². The van der Waals surface area contributed by atoms with Crippen molar-refractivity contribution in [2.45, 2.75) is 6.61 Å². The number of ketones is 1. The molecular weight excluding hydrogens is 394 g/mol. The quantitative estimate of drug-likeness (QED) is 0.367. The second-order valence-corrected chi connectivity index (χ2v) is 6.26. The highest BCUT2D eigenvalue weighted by Gasteiger charge is 2.17. The van der Waals surface area contributed by atoms with Gasteiger partial charge < -0.3 is 18.9 Å². The first-order valence-electron chi connectivity index (χ1n) is 8.96. The summed E-state index contributed by atoms with van der Waals surface area (Å²) < 4.78 is 45.2. The maximum Gasteiger partial charge on any atom is 0.387 e. The average molecular weight is 414 g/mol. The van der Waals surface area contributed by atoms with Crippen molar-refractivity contribution in [3.63, 3.8) is 0 Å². The summed E-state index contributed by atoms with van der Waals surface area (Å²) in [6, 6.07) is 13.9. The lowest BCUT2D eigenvalue weighted by Gasteiger charge is -2.14. The standard InChI is InChI=1S/C23H20F2O5/c1-27-18-8-7-15-12-17(6-5-16(15)13-18)19(26)9-4-14-10-20(28-2)22(30-23(24)25)21(11-14)29-3/h4-13,23H,1-3H3/b9-4+. The first kappa shape index (κ1) is 21.1. The smallest absolute Gasteiger partial charge is 0.387 e. The number of methoxy groups -OCH3 is 3. The molecule has 7 heteroatoms. The van der Waals surface area contributed by atoms with Crippen LogP contribution in [0, 0.1) is 0 Å². The molecule has 5 nitrogen and oxygen atoms in total. The molecule has 0 aliphatic heterocycles. The monoisotopic (exact) mass is 414 g/mol. The third-order valence-electron chi connectivity index (χ3n) is 4.45. The highest BCUT2D eigenvalue weighted by molar-refractivity contribution is 6.08. The van der Waals surface area contributed by atoms with Crippen LogP contribution in [-0.2, 0) is 0 Å². The Bertz CT molecular complexity index is 1070. The van der Waals surface area contributed by atoms with Gasteiger partial charge in [-0.05, 0) is 52.7 Å². The van der Waals surface area contributed by atoms with Crippen molar-refractivity contribution in [2.75, 3.05) is 21.3 Å². The van der Waals surface area contributed by atoms with Crippen LogP contribution < -0.4 is 18.9 Å². The molecule has 0 radical (unpaired) electrons. The molecule has 0 N–H and O–H groups in total. The summed E-state index contributed by atoms with van der Waals surface area (Å²) in [4.78, 5) is 12.6. The molecule has 30 heavy (non-hydrogen) atoms. The summed E-state index contributed by atoms with van der Waals surface area (Å²) in [7, 11) is 4.26. The van der Waals surface area contributed by atoms with Gasteiger partial charge in [-0.15, -0.1) is 0 Å². The first-order chi connectivity index (χ1) is 14.4. The largest absolute Gasteiger partial charge is 0.497 e. The molecule has 0 saturated heterocycles. The number of alkyl halides is 2. The molecule has 0 saturated carbocycles. The first-order valence-corrected chi connectivity index (χ1v) is 8.96. The number of allylic oxidation sites excluding steroid dienone is 1. The molecular formula is C23H20F2O5. The Hall–Kier alpha value is -3.61. The van der Waals surface area contributed by atoms with Crippen molar-refractivity contribution in [1.82, 2.24) is 0 Å². The van der Waals surface area contributed by atoms with Crippen molar-refractivity contribution in [1.29, 1.82) is 0 Å². The van der Waals surface area contributed by atoms with Crippen LogP contribution in [0.15, 0.2) is 54.6 Å². The molecule has 3 aromatic carbocycles. The lowest BCUT2D eigenvalue weighted by atomic mass is 10.0. The minimum absolute atomic E-state index is 0.0707. The van der Waals surface area contributed by atoms with Gasteiger partial charge in [0.2, 0.25) is 5.75 Å². The number of halogens is 2. The van der Waals surface area contributed by atoms with E-state index in [1.54, 1.807) is 25.3 Å². The van der Waals surface area contributed by atoms with Gasteiger partial charge in [0.15, 0.2) is 17.3 Å². The molecule has 0 bridgehead atoms. The predicted molar refractivity (Wildman–Crippen MR) is 110 cm³/mol. The van der Waals surface area contributed by atoms with Gasteiger partial charge in [0, 0.05) is 5.56 Å². The highest BCUT2D eigenvalue weighted by atomic mass is 19.3. The van der Waals surface area contributed by atoms with Crippen molar-refractivity contribution < 1.29 is 32.5 Å². The van der Waals surface area contributed by atoms with Gasteiger partial charge in [0.05, 0.1) is 21.3 Å². The third kappa shape index (κ3) is 4.68. The number of rotatable bonds is 8. The molecule has 0 atom stereocenters. The number of hydrogen-bond donors (Lipinski definition) is 0. The second kappa shape index (κ2) is 9.26.